The summed E-state index contributed by atoms with van der Waals surface area (Å²) < 4.78 is 3.02. The third-order valence-corrected chi connectivity index (χ3v) is 4.17. The lowest BCUT2D eigenvalue weighted by Gasteiger charge is -2.05. The van der Waals surface area contributed by atoms with E-state index in [0.717, 1.165) is 32.5 Å². The molecule has 3 aromatic rings. The van der Waals surface area contributed by atoms with Gasteiger partial charge in [-0.3, -0.25) is 0 Å². The van der Waals surface area contributed by atoms with Gasteiger partial charge in [-0.05, 0) is 35.9 Å². The highest BCUT2D eigenvalue weighted by molar-refractivity contribution is 9.10. The molecule has 0 radical (unpaired) electrons. The fourth-order valence-corrected chi connectivity index (χ4v) is 2.84. The summed E-state index contributed by atoms with van der Waals surface area (Å²) in [6, 6.07) is 11.8. The highest BCUT2D eigenvalue weighted by atomic mass is 79.9. The molecule has 0 aliphatic heterocycles. The summed E-state index contributed by atoms with van der Waals surface area (Å²) in [5.41, 5.74) is 9.69. The molecule has 0 aliphatic carbocycles. The van der Waals surface area contributed by atoms with Crippen molar-refractivity contribution in [3.63, 3.8) is 0 Å². The van der Waals surface area contributed by atoms with Crippen LogP contribution in [0.2, 0.25) is 5.02 Å². The Morgan fingerprint density at radius 1 is 1.25 bits per heavy atom. The Labute approximate surface area is 130 Å². The molecule has 2 aromatic carbocycles. The quantitative estimate of drug-likeness (QED) is 0.755. The minimum Gasteiger partial charge on any atom is -0.327 e. The summed E-state index contributed by atoms with van der Waals surface area (Å²) >= 11 is 9.77. The molecule has 0 atom stereocenters. The first-order chi connectivity index (χ1) is 9.60. The maximum absolute atomic E-state index is 6.29. The largest absolute Gasteiger partial charge is 0.327 e. The molecule has 1 heterocycles. The summed E-state index contributed by atoms with van der Waals surface area (Å²) in [7, 11) is 1.99. The van der Waals surface area contributed by atoms with Gasteiger partial charge in [0.15, 0.2) is 0 Å². The molecule has 20 heavy (non-hydrogen) atoms. The van der Waals surface area contributed by atoms with Crippen LogP contribution in [0.15, 0.2) is 40.9 Å². The van der Waals surface area contributed by atoms with Crippen LogP contribution in [-0.4, -0.2) is 9.55 Å². The second kappa shape index (κ2) is 5.20. The molecular formula is C15H13BrClN3. The standard InChI is InChI=1S/C15H13BrClN3/c1-20-14-6-9(8-18)2-5-13(14)19-15(20)11-7-10(16)3-4-12(11)17/h2-7H,8,18H2,1H3. The Morgan fingerprint density at radius 3 is 2.80 bits per heavy atom. The Balaban J connectivity index is 2.26. The van der Waals surface area contributed by atoms with E-state index < -0.39 is 0 Å². The summed E-state index contributed by atoms with van der Waals surface area (Å²) in [6.07, 6.45) is 0. The summed E-state index contributed by atoms with van der Waals surface area (Å²) in [4.78, 5) is 4.68. The highest BCUT2D eigenvalue weighted by Crippen LogP contribution is 2.32. The number of nitrogens with zero attached hydrogens (tertiary/aromatic N) is 2. The van der Waals surface area contributed by atoms with Crippen molar-refractivity contribution in [1.82, 2.24) is 9.55 Å². The third kappa shape index (κ3) is 2.24. The zero-order chi connectivity index (χ0) is 14.3. The van der Waals surface area contributed by atoms with Crippen LogP contribution >= 0.6 is 27.5 Å². The van der Waals surface area contributed by atoms with Gasteiger partial charge < -0.3 is 10.3 Å². The van der Waals surface area contributed by atoms with E-state index in [9.17, 15) is 0 Å². The summed E-state index contributed by atoms with van der Waals surface area (Å²) in [5.74, 6) is 0.848. The molecule has 3 nitrogen and oxygen atoms in total. The normalized spacial score (nSPS) is 11.2. The molecule has 0 aliphatic rings. The number of aromatic nitrogens is 2. The van der Waals surface area contributed by atoms with Crippen molar-refractivity contribution in [2.24, 2.45) is 12.8 Å². The summed E-state index contributed by atoms with van der Waals surface area (Å²) in [5, 5.41) is 0.686. The topological polar surface area (TPSA) is 43.8 Å². The number of benzene rings is 2. The number of rotatable bonds is 2. The van der Waals surface area contributed by atoms with Crippen molar-refractivity contribution in [1.29, 1.82) is 0 Å². The molecule has 5 heteroatoms. The van der Waals surface area contributed by atoms with Crippen LogP contribution in [0, 0.1) is 0 Å². The summed E-state index contributed by atoms with van der Waals surface area (Å²) in [6.45, 7) is 0.522. The minimum atomic E-state index is 0.522. The lowest BCUT2D eigenvalue weighted by atomic mass is 10.2. The number of imidazole rings is 1. The molecule has 0 saturated heterocycles. The molecule has 1 aromatic heterocycles. The maximum atomic E-state index is 6.29. The van der Waals surface area contributed by atoms with Gasteiger partial charge in [0, 0.05) is 23.6 Å². The Morgan fingerprint density at radius 2 is 2.05 bits per heavy atom. The van der Waals surface area contributed by atoms with Gasteiger partial charge in [0.05, 0.1) is 16.1 Å². The average molecular weight is 351 g/mol. The van der Waals surface area contributed by atoms with Gasteiger partial charge in [-0.15, -0.1) is 0 Å². The molecule has 0 unspecified atom stereocenters. The van der Waals surface area contributed by atoms with Crippen molar-refractivity contribution < 1.29 is 0 Å². The fourth-order valence-electron chi connectivity index (χ4n) is 2.27. The number of nitrogens with two attached hydrogens (primary N) is 1. The molecule has 2 N–H and O–H groups in total. The fraction of sp³-hybridized carbons (Fsp3) is 0.133. The monoisotopic (exact) mass is 349 g/mol. The lowest BCUT2D eigenvalue weighted by molar-refractivity contribution is 0.956. The number of fused-ring (bicyclic) bond motifs is 1. The van der Waals surface area contributed by atoms with E-state index >= 15 is 0 Å². The van der Waals surface area contributed by atoms with E-state index in [2.05, 4.69) is 27.0 Å². The van der Waals surface area contributed by atoms with Crippen molar-refractivity contribution in [3.8, 4) is 11.4 Å². The molecule has 0 fully saturated rings. The van der Waals surface area contributed by atoms with Gasteiger partial charge in [0.25, 0.3) is 0 Å². The lowest BCUT2D eigenvalue weighted by Crippen LogP contribution is -1.97. The van der Waals surface area contributed by atoms with Gasteiger partial charge >= 0.3 is 0 Å². The van der Waals surface area contributed by atoms with Gasteiger partial charge in [0.1, 0.15) is 5.82 Å². The predicted molar refractivity (Wildman–Crippen MR) is 86.8 cm³/mol. The molecule has 0 amide bonds. The van der Waals surface area contributed by atoms with Gasteiger partial charge in [-0.1, -0.05) is 33.6 Å². The number of hydrogen-bond acceptors (Lipinski definition) is 2. The zero-order valence-electron chi connectivity index (χ0n) is 10.9. The van der Waals surface area contributed by atoms with Crippen LogP contribution in [0.25, 0.3) is 22.4 Å². The van der Waals surface area contributed by atoms with E-state index in [0.29, 0.717) is 11.6 Å². The van der Waals surface area contributed by atoms with Crippen molar-refractivity contribution >= 4 is 38.6 Å². The molecular weight excluding hydrogens is 338 g/mol. The van der Waals surface area contributed by atoms with E-state index in [-0.39, 0.29) is 0 Å². The number of hydrogen-bond donors (Lipinski definition) is 1. The van der Waals surface area contributed by atoms with Crippen LogP contribution in [0.5, 0.6) is 0 Å². The first-order valence-electron chi connectivity index (χ1n) is 6.21. The van der Waals surface area contributed by atoms with Crippen LogP contribution in [0.1, 0.15) is 5.56 Å². The van der Waals surface area contributed by atoms with Crippen molar-refractivity contribution in [2.45, 2.75) is 6.54 Å². The minimum absolute atomic E-state index is 0.522. The second-order valence-electron chi connectivity index (χ2n) is 4.65. The van der Waals surface area contributed by atoms with Crippen LogP contribution < -0.4 is 5.73 Å². The van der Waals surface area contributed by atoms with E-state index in [1.807, 2.05) is 41.9 Å². The van der Waals surface area contributed by atoms with E-state index in [1.54, 1.807) is 0 Å². The van der Waals surface area contributed by atoms with Crippen LogP contribution in [-0.2, 0) is 13.6 Å². The Bertz CT molecular complexity index is 795. The maximum Gasteiger partial charge on any atom is 0.142 e. The first-order valence-corrected chi connectivity index (χ1v) is 7.38. The van der Waals surface area contributed by atoms with Gasteiger partial charge in [0.2, 0.25) is 0 Å². The zero-order valence-corrected chi connectivity index (χ0v) is 13.2. The SMILES string of the molecule is Cn1c(-c2cc(Br)ccc2Cl)nc2ccc(CN)cc21. The smallest absolute Gasteiger partial charge is 0.142 e. The number of aryl methyl sites for hydroxylation is 1. The van der Waals surface area contributed by atoms with Crippen LogP contribution in [0.3, 0.4) is 0 Å². The predicted octanol–water partition coefficient (Wildman–Crippen LogP) is 4.11. The van der Waals surface area contributed by atoms with Gasteiger partial charge in [-0.2, -0.15) is 0 Å². The second-order valence-corrected chi connectivity index (χ2v) is 5.97. The molecule has 3 rings (SSSR count). The molecule has 102 valence electrons. The molecule has 0 saturated carbocycles. The Hall–Kier alpha value is -1.36. The van der Waals surface area contributed by atoms with E-state index in [1.165, 1.54) is 0 Å². The third-order valence-electron chi connectivity index (χ3n) is 3.35. The number of halogens is 2. The molecule has 0 bridgehead atoms. The Kier molecular flexibility index (Phi) is 3.54. The van der Waals surface area contributed by atoms with E-state index in [4.69, 9.17) is 17.3 Å². The highest BCUT2D eigenvalue weighted by Gasteiger charge is 2.13. The van der Waals surface area contributed by atoms with Crippen molar-refractivity contribution in [2.75, 3.05) is 0 Å². The average Bonchev–Trinajstić information content (AvgIpc) is 2.78. The van der Waals surface area contributed by atoms with Gasteiger partial charge in [-0.25, -0.2) is 4.98 Å². The molecule has 0 spiro atoms. The van der Waals surface area contributed by atoms with Crippen LogP contribution in [0.4, 0.5) is 0 Å². The van der Waals surface area contributed by atoms with Crippen molar-refractivity contribution in [3.05, 3.63) is 51.5 Å². The first kappa shape index (κ1) is 13.6.